The average molecular weight is 466 g/mol. The van der Waals surface area contributed by atoms with Crippen LogP contribution in [0.25, 0.3) is 0 Å². The smallest absolute Gasteiger partial charge is 0.244 e. The molecule has 2 amide bonds. The van der Waals surface area contributed by atoms with E-state index >= 15 is 0 Å². The van der Waals surface area contributed by atoms with Crippen LogP contribution in [0.1, 0.15) is 18.9 Å². The number of hydrogen-bond acceptors (Lipinski definition) is 5. The Labute approximate surface area is 188 Å². The zero-order valence-electron chi connectivity index (χ0n) is 18.5. The second kappa shape index (κ2) is 10.9. The zero-order valence-corrected chi connectivity index (χ0v) is 19.4. The number of likely N-dealkylation sites (N-methyl/N-ethyl adjacent to an activating group) is 1. The van der Waals surface area contributed by atoms with Crippen molar-refractivity contribution in [1.82, 2.24) is 10.2 Å². The molecule has 0 aromatic heterocycles. The van der Waals surface area contributed by atoms with Crippen LogP contribution in [-0.4, -0.2) is 58.1 Å². The molecule has 0 unspecified atom stereocenters. The standard InChI is InChI=1S/C22H28FN3O5S/c1-5-20(22(28)24-2)25(14-16-7-6-8-19(13-16)31-3)21(27)15-26(32(4,29)30)18-11-9-17(23)10-12-18/h6-13,20H,5,14-15H2,1-4H3,(H,24,28)/t20-/m0/s1. The molecule has 0 aliphatic heterocycles. The van der Waals surface area contributed by atoms with Crippen LogP contribution in [0.4, 0.5) is 10.1 Å². The SMILES string of the molecule is CC[C@@H](C(=O)NC)N(Cc1cccc(OC)c1)C(=O)CN(c1ccc(F)cc1)S(C)(=O)=O. The number of nitrogens with one attached hydrogen (secondary N) is 1. The van der Waals surface area contributed by atoms with Crippen molar-refractivity contribution < 1.29 is 27.1 Å². The van der Waals surface area contributed by atoms with Crippen molar-refractivity contribution >= 4 is 27.5 Å². The predicted molar refractivity (Wildman–Crippen MR) is 120 cm³/mol. The minimum atomic E-state index is -3.86. The van der Waals surface area contributed by atoms with E-state index in [-0.39, 0.29) is 18.1 Å². The molecule has 0 aliphatic rings. The number of rotatable bonds is 10. The van der Waals surface area contributed by atoms with Gasteiger partial charge in [0.2, 0.25) is 21.8 Å². The largest absolute Gasteiger partial charge is 0.497 e. The van der Waals surface area contributed by atoms with E-state index in [4.69, 9.17) is 4.74 Å². The van der Waals surface area contributed by atoms with E-state index in [0.717, 1.165) is 22.7 Å². The first kappa shape index (κ1) is 25.1. The van der Waals surface area contributed by atoms with Gasteiger partial charge in [-0.25, -0.2) is 12.8 Å². The Hall–Kier alpha value is -3.14. The monoisotopic (exact) mass is 465 g/mol. The molecule has 32 heavy (non-hydrogen) atoms. The van der Waals surface area contributed by atoms with E-state index in [0.29, 0.717) is 17.7 Å². The molecule has 2 aromatic rings. The number of benzene rings is 2. The highest BCUT2D eigenvalue weighted by Crippen LogP contribution is 2.21. The summed E-state index contributed by atoms with van der Waals surface area (Å²) < 4.78 is 44.3. The number of hydrogen-bond donors (Lipinski definition) is 1. The number of carbonyl (C=O) groups is 2. The number of anilines is 1. The van der Waals surface area contributed by atoms with Crippen molar-refractivity contribution in [2.75, 3.05) is 31.3 Å². The fourth-order valence-corrected chi connectivity index (χ4v) is 4.12. The number of ether oxygens (including phenoxy) is 1. The summed E-state index contributed by atoms with van der Waals surface area (Å²) in [6.07, 6.45) is 1.29. The molecule has 0 fully saturated rings. The third-order valence-electron chi connectivity index (χ3n) is 4.91. The van der Waals surface area contributed by atoms with E-state index in [9.17, 15) is 22.4 Å². The van der Waals surface area contributed by atoms with Crippen LogP contribution in [0.15, 0.2) is 48.5 Å². The van der Waals surface area contributed by atoms with Crippen molar-refractivity contribution in [3.63, 3.8) is 0 Å². The van der Waals surface area contributed by atoms with Crippen molar-refractivity contribution in [2.45, 2.75) is 25.9 Å². The van der Waals surface area contributed by atoms with Gasteiger partial charge in [-0.3, -0.25) is 13.9 Å². The van der Waals surface area contributed by atoms with Gasteiger partial charge >= 0.3 is 0 Å². The van der Waals surface area contributed by atoms with Gasteiger partial charge in [-0.15, -0.1) is 0 Å². The van der Waals surface area contributed by atoms with Crippen LogP contribution < -0.4 is 14.4 Å². The van der Waals surface area contributed by atoms with Gasteiger partial charge in [0, 0.05) is 13.6 Å². The minimum absolute atomic E-state index is 0.0724. The lowest BCUT2D eigenvalue weighted by Crippen LogP contribution is -2.51. The maximum atomic E-state index is 13.4. The third kappa shape index (κ3) is 6.43. The number of nitrogens with zero attached hydrogens (tertiary/aromatic N) is 2. The molecular formula is C22H28FN3O5S. The number of halogens is 1. The number of sulfonamides is 1. The molecule has 1 N–H and O–H groups in total. The maximum Gasteiger partial charge on any atom is 0.244 e. The fraction of sp³-hybridized carbons (Fsp3) is 0.364. The minimum Gasteiger partial charge on any atom is -0.497 e. The summed E-state index contributed by atoms with van der Waals surface area (Å²) in [7, 11) is -0.864. The van der Waals surface area contributed by atoms with E-state index < -0.39 is 34.3 Å². The van der Waals surface area contributed by atoms with Gasteiger partial charge in [0.1, 0.15) is 24.2 Å². The quantitative estimate of drug-likeness (QED) is 0.580. The molecule has 0 saturated carbocycles. The Bertz CT molecular complexity index is 1040. The van der Waals surface area contributed by atoms with E-state index in [1.165, 1.54) is 31.2 Å². The number of amides is 2. The first-order chi connectivity index (χ1) is 15.1. The van der Waals surface area contributed by atoms with Crippen molar-refractivity contribution in [3.8, 4) is 5.75 Å². The van der Waals surface area contributed by atoms with Gasteiger partial charge in [-0.1, -0.05) is 19.1 Å². The molecule has 0 saturated heterocycles. The van der Waals surface area contributed by atoms with Crippen LogP contribution in [0.5, 0.6) is 5.75 Å². The zero-order chi connectivity index (χ0) is 23.9. The molecule has 0 spiro atoms. The van der Waals surface area contributed by atoms with Crippen LogP contribution >= 0.6 is 0 Å². The van der Waals surface area contributed by atoms with Gasteiger partial charge in [0.25, 0.3) is 0 Å². The van der Waals surface area contributed by atoms with Gasteiger partial charge in [0.05, 0.1) is 19.1 Å². The molecule has 0 bridgehead atoms. The second-order valence-electron chi connectivity index (χ2n) is 7.16. The molecule has 0 aliphatic carbocycles. The number of methoxy groups -OCH3 is 1. The molecule has 1 atom stereocenters. The summed E-state index contributed by atoms with van der Waals surface area (Å²) in [5.41, 5.74) is 0.865. The first-order valence-corrected chi connectivity index (χ1v) is 11.8. The topological polar surface area (TPSA) is 96.0 Å². The van der Waals surface area contributed by atoms with Crippen LogP contribution in [0.2, 0.25) is 0 Å². The Morgan fingerprint density at radius 1 is 1.16 bits per heavy atom. The summed E-state index contributed by atoms with van der Waals surface area (Å²) in [5, 5.41) is 2.55. The molecule has 2 aromatic carbocycles. The predicted octanol–water partition coefficient (Wildman–Crippen LogP) is 2.15. The van der Waals surface area contributed by atoms with Gasteiger partial charge in [0.15, 0.2) is 0 Å². The third-order valence-corrected chi connectivity index (χ3v) is 6.05. The highest BCUT2D eigenvalue weighted by Gasteiger charge is 2.31. The van der Waals surface area contributed by atoms with Gasteiger partial charge < -0.3 is 15.0 Å². The molecule has 10 heteroatoms. The number of carbonyl (C=O) groups excluding carboxylic acids is 2. The van der Waals surface area contributed by atoms with Crippen molar-refractivity contribution in [2.24, 2.45) is 0 Å². The Morgan fingerprint density at radius 3 is 2.34 bits per heavy atom. The second-order valence-corrected chi connectivity index (χ2v) is 9.06. The summed E-state index contributed by atoms with van der Waals surface area (Å²) >= 11 is 0. The summed E-state index contributed by atoms with van der Waals surface area (Å²) in [5.74, 6) is -0.875. The van der Waals surface area contributed by atoms with Crippen LogP contribution in [-0.2, 0) is 26.2 Å². The Balaban J connectivity index is 2.42. The highest BCUT2D eigenvalue weighted by molar-refractivity contribution is 7.92. The van der Waals surface area contributed by atoms with Crippen molar-refractivity contribution in [1.29, 1.82) is 0 Å². The van der Waals surface area contributed by atoms with Crippen LogP contribution in [0.3, 0.4) is 0 Å². The van der Waals surface area contributed by atoms with E-state index in [1.54, 1.807) is 31.2 Å². The highest BCUT2D eigenvalue weighted by atomic mass is 32.2. The fourth-order valence-electron chi connectivity index (χ4n) is 3.27. The van der Waals surface area contributed by atoms with Gasteiger partial charge in [-0.05, 0) is 48.4 Å². The molecule has 2 rings (SSSR count). The van der Waals surface area contributed by atoms with Crippen LogP contribution in [0, 0.1) is 5.82 Å². The summed E-state index contributed by atoms with van der Waals surface area (Å²) in [6, 6.07) is 11.0. The Kier molecular flexibility index (Phi) is 8.59. The molecule has 0 heterocycles. The lowest BCUT2D eigenvalue weighted by atomic mass is 10.1. The van der Waals surface area contributed by atoms with Crippen molar-refractivity contribution in [3.05, 3.63) is 59.9 Å². The van der Waals surface area contributed by atoms with Gasteiger partial charge in [-0.2, -0.15) is 0 Å². The average Bonchev–Trinajstić information content (AvgIpc) is 2.77. The normalized spacial score (nSPS) is 12.0. The summed E-state index contributed by atoms with van der Waals surface area (Å²) in [6.45, 7) is 1.30. The molecule has 174 valence electrons. The van der Waals surface area contributed by atoms with E-state index in [2.05, 4.69) is 5.32 Å². The molecular weight excluding hydrogens is 437 g/mol. The lowest BCUT2D eigenvalue weighted by Gasteiger charge is -2.32. The van der Waals surface area contributed by atoms with E-state index in [1.807, 2.05) is 0 Å². The molecule has 0 radical (unpaired) electrons. The molecule has 8 nitrogen and oxygen atoms in total. The lowest BCUT2D eigenvalue weighted by molar-refractivity contribution is -0.140. The first-order valence-electron chi connectivity index (χ1n) is 9.98. The Morgan fingerprint density at radius 2 is 1.81 bits per heavy atom. The maximum absolute atomic E-state index is 13.4. The summed E-state index contributed by atoms with van der Waals surface area (Å²) in [4.78, 5) is 27.2.